The van der Waals surface area contributed by atoms with Crippen LogP contribution in [0.5, 0.6) is 0 Å². The Balaban J connectivity index is 0.000000374. The van der Waals surface area contributed by atoms with Gasteiger partial charge in [0.05, 0.1) is 0 Å². The number of hydrogen-bond acceptors (Lipinski definition) is 18. The Morgan fingerprint density at radius 1 is 0.651 bits per heavy atom. The number of halogens is 2. The van der Waals surface area contributed by atoms with E-state index in [1.165, 1.54) is 12.2 Å². The van der Waals surface area contributed by atoms with Crippen molar-refractivity contribution in [2.45, 2.75) is 157 Å². The maximum Gasteiger partial charge on any atom is 0.330 e. The number of nitrogens with zero attached hydrogens (tertiary/aromatic N) is 2. The second-order valence-corrected chi connectivity index (χ2v) is 25.7. The van der Waals surface area contributed by atoms with Crippen LogP contribution in [0.4, 0.5) is 0 Å². The Hall–Kier alpha value is -4.74. The van der Waals surface area contributed by atoms with Crippen LogP contribution in [0, 0.1) is 0 Å². The molecule has 22 heteroatoms. The molecule has 0 spiro atoms. The van der Waals surface area contributed by atoms with E-state index in [4.69, 9.17) is 51.6 Å². The maximum absolute atomic E-state index is 13.3. The molecule has 3 saturated heterocycles. The van der Waals surface area contributed by atoms with Gasteiger partial charge in [0.2, 0.25) is 12.6 Å². The van der Waals surface area contributed by atoms with E-state index in [2.05, 4.69) is 87.7 Å². The van der Waals surface area contributed by atoms with Crippen molar-refractivity contribution in [3.05, 3.63) is 154 Å². The third-order valence-electron chi connectivity index (χ3n) is 13.8. The number of benzene rings is 2. The first-order valence-corrected chi connectivity index (χ1v) is 33.1. The van der Waals surface area contributed by atoms with Crippen molar-refractivity contribution in [2.75, 3.05) is 45.5 Å². The van der Waals surface area contributed by atoms with Crippen molar-refractivity contribution in [2.24, 2.45) is 0 Å². The Morgan fingerprint density at radius 3 is 1.50 bits per heavy atom. The highest BCUT2D eigenvalue weighted by Crippen LogP contribution is 2.49. The second kappa shape index (κ2) is 41.5. The van der Waals surface area contributed by atoms with Gasteiger partial charge in [-0.3, -0.25) is 19.4 Å². The van der Waals surface area contributed by atoms with Gasteiger partial charge in [0.15, 0.2) is 13.6 Å². The molecule has 472 valence electrons. The molecule has 16 nitrogen and oxygen atoms in total. The minimum atomic E-state index is -1.08. The lowest BCUT2D eigenvalue weighted by atomic mass is 9.98. The summed E-state index contributed by atoms with van der Waals surface area (Å²) in [6.45, 7) is 8.06. The first kappa shape index (κ1) is 73.7. The molecule has 2 aromatic rings. The van der Waals surface area contributed by atoms with Crippen LogP contribution < -0.4 is 0 Å². The Bertz CT molecular complexity index is 2700. The molecule has 7 atom stereocenters. The predicted octanol–water partition coefficient (Wildman–Crippen LogP) is 14.2. The topological polar surface area (TPSA) is 205 Å². The zero-order valence-electron chi connectivity index (χ0n) is 49.5. The van der Waals surface area contributed by atoms with Crippen molar-refractivity contribution in [1.82, 2.24) is 9.80 Å². The number of piperidine rings is 2. The van der Waals surface area contributed by atoms with Gasteiger partial charge in [-0.05, 0) is 126 Å². The molecule has 0 amide bonds. The van der Waals surface area contributed by atoms with Crippen LogP contribution in [0.25, 0.3) is 0 Å². The van der Waals surface area contributed by atoms with E-state index in [-0.39, 0.29) is 36.0 Å². The average Bonchev–Trinajstić information content (AvgIpc) is 1.38. The molecule has 2 N–H and O–H groups in total. The summed E-state index contributed by atoms with van der Waals surface area (Å²) in [5.74, 6) is -2.97. The smallest absolute Gasteiger partial charge is 0.330 e. The molecule has 0 aliphatic carbocycles. The number of unbranched alkanes of at least 4 members (excludes halogenated alkanes) is 1. The van der Waals surface area contributed by atoms with Crippen molar-refractivity contribution in [3.8, 4) is 0 Å². The number of likely N-dealkylation sites (tertiary alicyclic amines) is 2. The van der Waals surface area contributed by atoms with Crippen LogP contribution in [-0.4, -0.2) is 129 Å². The summed E-state index contributed by atoms with van der Waals surface area (Å²) in [6.07, 6.45) is 32.4. The highest BCUT2D eigenvalue weighted by atomic mass is 35.5. The van der Waals surface area contributed by atoms with Gasteiger partial charge < -0.3 is 38.6 Å². The summed E-state index contributed by atoms with van der Waals surface area (Å²) in [7, 11) is 3.85. The number of carboxylic acid groups (broad SMARTS) is 2. The van der Waals surface area contributed by atoms with Gasteiger partial charge in [-0.25, -0.2) is 19.2 Å². The Labute approximate surface area is 536 Å². The number of hydrogen-bond donors (Lipinski definition) is 4. The number of allylic oxidation sites excluding steroid dienone is 10. The first-order valence-electron chi connectivity index (χ1n) is 29.0. The SMILES string of the molecule is CC(OCOC(=O)[C@H](c1ccccc1Cl)N1CCC(S)/C(=C\C(=O)O)C1)OC(=O)CCCC[C@]1(C)CCSS1.CC/C=C\C/C=C\C/C=C\C/C=C\C/C=C\CCC(=O)OC(C)OCOC(=O)[C@H](c1ccccc1Cl)N1CCC(S)/C(=C\C(=O)O)C1. The molecule has 2 aromatic carbocycles. The Morgan fingerprint density at radius 2 is 1.08 bits per heavy atom. The number of thiol groups is 2. The van der Waals surface area contributed by atoms with Gasteiger partial charge in [-0.2, -0.15) is 25.3 Å². The van der Waals surface area contributed by atoms with E-state index in [1.54, 1.807) is 62.4 Å². The normalized spacial score (nSPS) is 21.0. The zero-order valence-corrected chi connectivity index (χ0v) is 54.4. The fourth-order valence-corrected chi connectivity index (χ4v) is 13.6. The fourth-order valence-electron chi connectivity index (χ4n) is 9.24. The molecule has 0 aromatic heterocycles. The van der Waals surface area contributed by atoms with Gasteiger partial charge in [0, 0.05) is 82.2 Å². The fraction of sp³-hybridized carbons (Fsp3) is 0.500. The van der Waals surface area contributed by atoms with Crippen LogP contribution >= 0.6 is 70.0 Å². The van der Waals surface area contributed by atoms with E-state index in [0.717, 1.165) is 63.5 Å². The van der Waals surface area contributed by atoms with Crippen molar-refractivity contribution >= 4 is 106 Å². The number of aliphatic carboxylic acids is 2. The highest BCUT2D eigenvalue weighted by Gasteiger charge is 2.37. The second-order valence-electron chi connectivity index (χ2n) is 20.7. The predicted molar refractivity (Wildman–Crippen MR) is 348 cm³/mol. The molecule has 3 aliphatic rings. The standard InChI is InChI=1S/C37H48ClNO7S.C27H36ClNO7S3/c1-3-4-5-6-7-8-9-10-11-12-13-14-15-16-17-18-23-35(42)46-29(2)44-28-45-37(43)36(31-21-19-20-22-32(31)38)39-25-24-33(47)30(27-39)26-34(40)41;1-18(36-24(32)9-5-6-11-27(2)12-14-38-39-27)34-17-35-26(33)25(20-7-3-4-8-21(20)28)29-13-10-22(37)19(16-29)15-23(30)31/h4-5,7-8,10-11,13-14,16-17,19-22,26,29,33,36,47H,3,6,9,12,15,18,23-25,27-28H2,1-2H3,(H,40,41);3-4,7-8,15,18,22,25,37H,5-6,9-14,16-17H2,1-2H3,(H,30,31)/b5-4-,8-7-,11-10-,14-13-,17-16-,30-26-;19-15-/t29?,33?,36-;18?,22?,25-,27+/m00/s1. The lowest BCUT2D eigenvalue weighted by Crippen LogP contribution is -2.43. The third kappa shape index (κ3) is 28.6. The van der Waals surface area contributed by atoms with Gasteiger partial charge >= 0.3 is 35.8 Å². The molecule has 3 aliphatic heterocycles. The summed E-state index contributed by atoms with van der Waals surface area (Å²) in [4.78, 5) is 77.2. The van der Waals surface area contributed by atoms with Crippen molar-refractivity contribution < 1.29 is 67.4 Å². The third-order valence-corrected chi connectivity index (χ3v) is 19.0. The first-order chi connectivity index (χ1) is 41.3. The van der Waals surface area contributed by atoms with Gasteiger partial charge in [0.1, 0.15) is 12.1 Å². The minimum Gasteiger partial charge on any atom is -0.478 e. The summed E-state index contributed by atoms with van der Waals surface area (Å²) >= 11 is 21.8. The largest absolute Gasteiger partial charge is 0.478 e. The lowest BCUT2D eigenvalue weighted by molar-refractivity contribution is -0.203. The van der Waals surface area contributed by atoms with Gasteiger partial charge in [-0.1, -0.05) is 155 Å². The molecule has 4 unspecified atom stereocenters. The number of carbonyl (C=O) groups excluding carboxylic acids is 4. The van der Waals surface area contributed by atoms with E-state index >= 15 is 0 Å². The number of esters is 4. The minimum absolute atomic E-state index is 0.195. The molecule has 5 rings (SSSR count). The van der Waals surface area contributed by atoms with E-state index in [1.807, 2.05) is 43.5 Å². The lowest BCUT2D eigenvalue weighted by Gasteiger charge is -2.37. The van der Waals surface area contributed by atoms with Crippen LogP contribution in [0.15, 0.2) is 133 Å². The van der Waals surface area contributed by atoms with Crippen LogP contribution in [0.1, 0.15) is 141 Å². The summed E-state index contributed by atoms with van der Waals surface area (Å²) < 4.78 is 32.6. The van der Waals surface area contributed by atoms with Crippen LogP contribution in [0.3, 0.4) is 0 Å². The van der Waals surface area contributed by atoms with Crippen LogP contribution in [0.2, 0.25) is 10.0 Å². The molecule has 0 bridgehead atoms. The monoisotopic (exact) mass is 1300 g/mol. The molecule has 0 saturated carbocycles. The summed E-state index contributed by atoms with van der Waals surface area (Å²) in [6, 6.07) is 12.1. The number of carboxylic acids is 2. The van der Waals surface area contributed by atoms with E-state index in [9.17, 15) is 39.0 Å². The maximum atomic E-state index is 13.3. The van der Waals surface area contributed by atoms with Gasteiger partial charge in [0.25, 0.3) is 0 Å². The van der Waals surface area contributed by atoms with Crippen molar-refractivity contribution in [1.29, 1.82) is 0 Å². The Kier molecular flexibility index (Phi) is 35.6. The van der Waals surface area contributed by atoms with E-state index < -0.39 is 68.1 Å². The van der Waals surface area contributed by atoms with E-state index in [0.29, 0.717) is 75.8 Å². The molecular weight excluding hydrogens is 1220 g/mol. The highest BCUT2D eigenvalue weighted by molar-refractivity contribution is 8.77. The molecule has 0 radical (unpaired) electrons. The quantitative estimate of drug-likeness (QED) is 0.00766. The average molecular weight is 1300 g/mol. The summed E-state index contributed by atoms with van der Waals surface area (Å²) in [5, 5.41) is 18.8. The number of ether oxygens (including phenoxy) is 6. The molecule has 3 heterocycles. The molecule has 86 heavy (non-hydrogen) atoms. The number of carbonyl (C=O) groups is 6. The van der Waals surface area contributed by atoms with Crippen molar-refractivity contribution in [3.63, 3.8) is 0 Å². The molecular formula is C64H84Cl2N2O14S4. The van der Waals surface area contributed by atoms with Crippen LogP contribution in [-0.2, 0) is 57.2 Å². The number of rotatable bonds is 33. The summed E-state index contributed by atoms with van der Waals surface area (Å²) in [5.41, 5.74) is 2.24. The molecule has 3 fully saturated rings. The zero-order chi connectivity index (χ0) is 62.7. The van der Waals surface area contributed by atoms with Gasteiger partial charge in [-0.15, -0.1) is 0 Å².